The predicted octanol–water partition coefficient (Wildman–Crippen LogP) is 3.41. The number of rotatable bonds is 7. The molecular formula is C25H34N4O4. The molecule has 2 amide bonds. The van der Waals surface area contributed by atoms with Crippen LogP contribution in [0, 0.1) is 0 Å². The highest BCUT2D eigenvalue weighted by Crippen LogP contribution is 2.32. The maximum absolute atomic E-state index is 12.8. The maximum Gasteiger partial charge on any atom is 0.374 e. The van der Waals surface area contributed by atoms with Gasteiger partial charge in [0.05, 0.1) is 6.61 Å². The molecule has 5 rings (SSSR count). The lowest BCUT2D eigenvalue weighted by Gasteiger charge is -2.37. The van der Waals surface area contributed by atoms with Crippen LogP contribution in [0.15, 0.2) is 28.9 Å². The molecule has 3 heterocycles. The minimum absolute atomic E-state index is 0.240. The minimum atomic E-state index is -0.419. The number of anilines is 1. The molecule has 1 saturated carbocycles. The first-order chi connectivity index (χ1) is 16.2. The van der Waals surface area contributed by atoms with Crippen LogP contribution in [-0.2, 0) is 4.74 Å². The summed E-state index contributed by atoms with van der Waals surface area (Å²) in [4.78, 5) is 33.9. The van der Waals surface area contributed by atoms with Crippen molar-refractivity contribution in [3.05, 3.63) is 30.2 Å². The van der Waals surface area contributed by atoms with E-state index in [4.69, 9.17) is 9.15 Å². The van der Waals surface area contributed by atoms with Crippen LogP contribution < -0.4 is 4.90 Å². The number of nitrogens with zero attached hydrogens (tertiary/aromatic N) is 4. The molecule has 0 bridgehead atoms. The highest BCUT2D eigenvalue weighted by molar-refractivity contribution is 6.06. The molecule has 8 nitrogen and oxygen atoms in total. The van der Waals surface area contributed by atoms with Gasteiger partial charge in [-0.25, -0.2) is 9.59 Å². The van der Waals surface area contributed by atoms with E-state index < -0.39 is 5.97 Å². The van der Waals surface area contributed by atoms with Crippen molar-refractivity contribution in [1.82, 2.24) is 14.7 Å². The molecular weight excluding hydrogens is 420 g/mol. The van der Waals surface area contributed by atoms with Gasteiger partial charge in [-0.3, -0.25) is 4.90 Å². The van der Waals surface area contributed by atoms with Gasteiger partial charge in [-0.2, -0.15) is 0 Å². The predicted molar refractivity (Wildman–Crippen MR) is 127 cm³/mol. The summed E-state index contributed by atoms with van der Waals surface area (Å²) < 4.78 is 10.7. The van der Waals surface area contributed by atoms with Gasteiger partial charge < -0.3 is 23.9 Å². The van der Waals surface area contributed by atoms with Crippen LogP contribution in [0.1, 0.15) is 43.2 Å². The molecule has 0 radical (unpaired) electrons. The van der Waals surface area contributed by atoms with E-state index in [1.54, 1.807) is 13.2 Å². The monoisotopic (exact) mass is 454 g/mol. The molecule has 33 heavy (non-hydrogen) atoms. The third-order valence-corrected chi connectivity index (χ3v) is 7.37. The highest BCUT2D eigenvalue weighted by Gasteiger charge is 2.35. The Balaban J connectivity index is 1.15. The third-order valence-electron chi connectivity index (χ3n) is 7.37. The lowest BCUT2D eigenvalue weighted by atomic mass is 10.1. The van der Waals surface area contributed by atoms with Gasteiger partial charge in [0.15, 0.2) is 0 Å². The van der Waals surface area contributed by atoms with Crippen molar-refractivity contribution in [3.63, 3.8) is 0 Å². The Kier molecular flexibility index (Phi) is 6.44. The van der Waals surface area contributed by atoms with Gasteiger partial charge in [0.25, 0.3) is 0 Å². The van der Waals surface area contributed by atoms with E-state index in [0.717, 1.165) is 68.8 Å². The number of furan rings is 1. The van der Waals surface area contributed by atoms with E-state index in [2.05, 4.69) is 20.8 Å². The molecule has 0 atom stereocenters. The number of urea groups is 1. The molecule has 0 spiro atoms. The molecule has 8 heteroatoms. The van der Waals surface area contributed by atoms with Crippen LogP contribution in [0.4, 0.5) is 10.5 Å². The topological polar surface area (TPSA) is 69.5 Å². The van der Waals surface area contributed by atoms with Crippen molar-refractivity contribution >= 4 is 28.5 Å². The zero-order valence-electron chi connectivity index (χ0n) is 19.5. The number of fused-ring (bicyclic) bond motifs is 1. The average Bonchev–Trinajstić information content (AvgIpc) is 3.58. The number of hydrogen-bond acceptors (Lipinski definition) is 6. The number of ether oxygens (including phenoxy) is 1. The molecule has 0 unspecified atom stereocenters. The van der Waals surface area contributed by atoms with Crippen molar-refractivity contribution in [2.24, 2.45) is 0 Å². The maximum atomic E-state index is 12.8. The van der Waals surface area contributed by atoms with Crippen LogP contribution in [0.5, 0.6) is 0 Å². The van der Waals surface area contributed by atoms with Crippen LogP contribution in [-0.4, -0.2) is 91.7 Å². The molecule has 3 fully saturated rings. The number of piperazine rings is 1. The lowest BCUT2D eigenvalue weighted by Crippen LogP contribution is -2.49. The number of carbonyl (C=O) groups excluding carboxylic acids is 2. The normalized spacial score (nSPS) is 20.4. The molecule has 1 aromatic heterocycles. The molecule has 3 aliphatic rings. The zero-order chi connectivity index (χ0) is 22.8. The van der Waals surface area contributed by atoms with Gasteiger partial charge in [-0.15, -0.1) is 0 Å². The number of hydrogen-bond donors (Lipinski definition) is 0. The van der Waals surface area contributed by atoms with Crippen LogP contribution >= 0.6 is 0 Å². The van der Waals surface area contributed by atoms with E-state index in [9.17, 15) is 9.59 Å². The Morgan fingerprint density at radius 3 is 2.58 bits per heavy atom. The Hall–Kier alpha value is -2.74. The van der Waals surface area contributed by atoms with Crippen molar-refractivity contribution < 1.29 is 18.7 Å². The van der Waals surface area contributed by atoms with Crippen molar-refractivity contribution in [2.75, 3.05) is 63.9 Å². The molecule has 2 saturated heterocycles. The first kappa shape index (κ1) is 22.1. The molecule has 1 aliphatic carbocycles. The SMILES string of the molecule is CCOC(=O)c1occ2c(N3CCN(CCN4CCN(C5CCCC5)C4=O)CC3)cccc12. The zero-order valence-corrected chi connectivity index (χ0v) is 19.5. The summed E-state index contributed by atoms with van der Waals surface area (Å²) in [5.41, 5.74) is 1.09. The Morgan fingerprint density at radius 1 is 1.03 bits per heavy atom. The first-order valence-electron chi connectivity index (χ1n) is 12.4. The van der Waals surface area contributed by atoms with Crippen LogP contribution in [0.3, 0.4) is 0 Å². The van der Waals surface area contributed by atoms with Gasteiger partial charge in [0.2, 0.25) is 5.76 Å². The summed E-state index contributed by atoms with van der Waals surface area (Å²) in [7, 11) is 0. The fourth-order valence-electron chi connectivity index (χ4n) is 5.52. The van der Waals surface area contributed by atoms with Gasteiger partial charge in [0.1, 0.15) is 6.26 Å². The second kappa shape index (κ2) is 9.63. The fourth-order valence-corrected chi connectivity index (χ4v) is 5.52. The average molecular weight is 455 g/mol. The Morgan fingerprint density at radius 2 is 1.82 bits per heavy atom. The number of amides is 2. The molecule has 2 aromatic rings. The molecule has 0 N–H and O–H groups in total. The quantitative estimate of drug-likeness (QED) is 0.597. The smallest absolute Gasteiger partial charge is 0.374 e. The Bertz CT molecular complexity index is 991. The van der Waals surface area contributed by atoms with E-state index >= 15 is 0 Å². The summed E-state index contributed by atoms with van der Waals surface area (Å²) in [6.45, 7) is 9.30. The summed E-state index contributed by atoms with van der Waals surface area (Å²) in [6.07, 6.45) is 6.53. The summed E-state index contributed by atoms with van der Waals surface area (Å²) >= 11 is 0. The van der Waals surface area contributed by atoms with Gasteiger partial charge >= 0.3 is 12.0 Å². The van der Waals surface area contributed by atoms with E-state index in [1.807, 2.05) is 17.0 Å². The van der Waals surface area contributed by atoms with Crippen LogP contribution in [0.25, 0.3) is 10.8 Å². The minimum Gasteiger partial charge on any atom is -0.460 e. The number of carbonyl (C=O) groups is 2. The first-order valence-corrected chi connectivity index (χ1v) is 12.4. The third kappa shape index (κ3) is 4.40. The van der Waals surface area contributed by atoms with Gasteiger partial charge in [-0.1, -0.05) is 25.0 Å². The second-order valence-corrected chi connectivity index (χ2v) is 9.25. The van der Waals surface area contributed by atoms with Crippen molar-refractivity contribution in [3.8, 4) is 0 Å². The van der Waals surface area contributed by atoms with Crippen molar-refractivity contribution in [1.29, 1.82) is 0 Å². The Labute approximate surface area is 195 Å². The number of esters is 1. The second-order valence-electron chi connectivity index (χ2n) is 9.25. The summed E-state index contributed by atoms with van der Waals surface area (Å²) in [5, 5.41) is 1.75. The van der Waals surface area contributed by atoms with Crippen LogP contribution in [0.2, 0.25) is 0 Å². The number of benzene rings is 1. The highest BCUT2D eigenvalue weighted by atomic mass is 16.5. The van der Waals surface area contributed by atoms with E-state index in [-0.39, 0.29) is 11.8 Å². The standard InChI is InChI=1S/C25H34N4O4/c1-2-32-24(30)23-20-8-5-9-22(21(20)18-33-23)27-13-10-26(11-14-27)12-15-28-16-17-29(25(28)31)19-6-3-4-7-19/h5,8-9,18-19H,2-4,6-7,10-17H2,1H3. The largest absolute Gasteiger partial charge is 0.460 e. The van der Waals surface area contributed by atoms with Crippen molar-refractivity contribution in [2.45, 2.75) is 38.6 Å². The summed E-state index contributed by atoms with van der Waals surface area (Å²) in [5.74, 6) is -0.147. The van der Waals surface area contributed by atoms with E-state index in [1.165, 1.54) is 25.7 Å². The lowest BCUT2D eigenvalue weighted by molar-refractivity contribution is 0.0493. The van der Waals surface area contributed by atoms with E-state index in [0.29, 0.717) is 12.6 Å². The molecule has 1 aromatic carbocycles. The van der Waals surface area contributed by atoms with Gasteiger partial charge in [0, 0.05) is 74.9 Å². The molecule has 178 valence electrons. The fraction of sp³-hybridized carbons (Fsp3) is 0.600. The summed E-state index contributed by atoms with van der Waals surface area (Å²) in [6, 6.07) is 6.68. The molecule has 2 aliphatic heterocycles. The van der Waals surface area contributed by atoms with Gasteiger partial charge in [-0.05, 0) is 25.8 Å².